The number of hydrogen-bond acceptors (Lipinski definition) is 10. The molecule has 0 aliphatic heterocycles. The maximum atomic E-state index is 15.6. The van der Waals surface area contributed by atoms with Crippen LogP contribution < -0.4 is 16.4 Å². The summed E-state index contributed by atoms with van der Waals surface area (Å²) in [5, 5.41) is 50.4. The summed E-state index contributed by atoms with van der Waals surface area (Å²) in [6, 6.07) is -0.337. The van der Waals surface area contributed by atoms with Crippen molar-refractivity contribution in [3.8, 4) is 5.75 Å². The number of rotatable bonds is 5. The molecular weight excluding hydrogens is 539 g/mol. The van der Waals surface area contributed by atoms with E-state index in [9.17, 15) is 39.6 Å². The molecule has 222 valence electrons. The Morgan fingerprint density at radius 2 is 1.80 bits per heavy atom. The summed E-state index contributed by atoms with van der Waals surface area (Å²) in [6.45, 7) is 6.89. The number of aliphatic hydroxyl groups is 3. The lowest BCUT2D eigenvalue weighted by molar-refractivity contribution is -0.154. The number of carbonyl (C=O) groups is 4. The molecule has 3 aliphatic carbocycles. The van der Waals surface area contributed by atoms with Crippen LogP contribution in [0.4, 0.5) is 10.1 Å². The zero-order valence-electron chi connectivity index (χ0n) is 23.6. The van der Waals surface area contributed by atoms with Gasteiger partial charge in [-0.2, -0.15) is 0 Å². The van der Waals surface area contributed by atoms with Gasteiger partial charge < -0.3 is 36.8 Å². The Labute approximate surface area is 235 Å². The van der Waals surface area contributed by atoms with Crippen LogP contribution in [0.3, 0.4) is 0 Å². The van der Waals surface area contributed by atoms with Crippen molar-refractivity contribution in [1.82, 2.24) is 10.2 Å². The van der Waals surface area contributed by atoms with Crippen LogP contribution in [-0.2, 0) is 19.2 Å². The van der Waals surface area contributed by atoms with Crippen LogP contribution in [0.25, 0.3) is 5.76 Å². The monoisotopic (exact) mass is 574 g/mol. The second-order valence-corrected chi connectivity index (χ2v) is 12.2. The van der Waals surface area contributed by atoms with Gasteiger partial charge in [0.15, 0.2) is 17.1 Å². The quantitative estimate of drug-likeness (QED) is 0.196. The lowest BCUT2D eigenvalue weighted by Gasteiger charge is -2.51. The smallest absolute Gasteiger partial charge is 0.255 e. The van der Waals surface area contributed by atoms with Crippen molar-refractivity contribution in [2.75, 3.05) is 26.0 Å². The number of primary amides is 1. The van der Waals surface area contributed by atoms with Crippen LogP contribution in [0.2, 0.25) is 0 Å². The molecule has 41 heavy (non-hydrogen) atoms. The van der Waals surface area contributed by atoms with E-state index in [4.69, 9.17) is 5.73 Å². The molecule has 0 saturated heterocycles. The number of anilines is 1. The Morgan fingerprint density at radius 3 is 2.34 bits per heavy atom. The highest BCUT2D eigenvalue weighted by molar-refractivity contribution is 6.24. The molecule has 4 rings (SSSR count). The fourth-order valence-electron chi connectivity index (χ4n) is 6.26. The van der Waals surface area contributed by atoms with Crippen molar-refractivity contribution in [3.63, 3.8) is 0 Å². The first-order valence-corrected chi connectivity index (χ1v) is 13.1. The SMILES string of the molecule is C[C@H]1c2c(F)cc(NC(=O)CNC(C)(C)C)c(O)c2C(O)=C2C(=O)[C@]3(O)C(O)=C(C(N)=O)C(=O)[C@@H](N(C)C)[C@@H]3C[C@@H]21. The molecule has 0 heterocycles. The number of aliphatic hydroxyl groups excluding tert-OH is 2. The van der Waals surface area contributed by atoms with E-state index < -0.39 is 98.1 Å². The van der Waals surface area contributed by atoms with E-state index in [-0.39, 0.29) is 24.2 Å². The number of phenols is 1. The van der Waals surface area contributed by atoms with Gasteiger partial charge in [0, 0.05) is 28.7 Å². The summed E-state index contributed by atoms with van der Waals surface area (Å²) in [5.41, 5.74) is -0.174. The lowest BCUT2D eigenvalue weighted by atomic mass is 9.55. The van der Waals surface area contributed by atoms with Gasteiger partial charge >= 0.3 is 0 Å². The summed E-state index contributed by atoms with van der Waals surface area (Å²) < 4.78 is 15.6. The molecule has 8 N–H and O–H groups in total. The van der Waals surface area contributed by atoms with Crippen LogP contribution in [0.5, 0.6) is 5.75 Å². The molecule has 1 aromatic carbocycles. The van der Waals surface area contributed by atoms with E-state index in [1.807, 2.05) is 20.8 Å². The van der Waals surface area contributed by atoms with E-state index >= 15 is 4.39 Å². The van der Waals surface area contributed by atoms with Gasteiger partial charge in [0.25, 0.3) is 5.91 Å². The number of amides is 2. The van der Waals surface area contributed by atoms with Crippen LogP contribution in [0.15, 0.2) is 23.0 Å². The number of aromatic hydroxyl groups is 1. The van der Waals surface area contributed by atoms with Gasteiger partial charge in [-0.25, -0.2) is 4.39 Å². The van der Waals surface area contributed by atoms with Crippen molar-refractivity contribution < 1.29 is 44.0 Å². The predicted octanol–water partition coefficient (Wildman–Crippen LogP) is 0.991. The Morgan fingerprint density at radius 1 is 1.20 bits per heavy atom. The largest absolute Gasteiger partial charge is 0.508 e. The van der Waals surface area contributed by atoms with Gasteiger partial charge in [-0.1, -0.05) is 6.92 Å². The number of benzene rings is 1. The lowest BCUT2D eigenvalue weighted by Crippen LogP contribution is -2.66. The molecule has 0 bridgehead atoms. The number of Topliss-reactive ketones (excluding diaryl/α,β-unsaturated/α-hetero) is 2. The molecule has 12 nitrogen and oxygen atoms in total. The number of likely N-dealkylation sites (N-methyl/N-ethyl adjacent to an activating group) is 1. The summed E-state index contributed by atoms with van der Waals surface area (Å²) >= 11 is 0. The van der Waals surface area contributed by atoms with Crippen molar-refractivity contribution in [3.05, 3.63) is 39.9 Å². The molecule has 0 unspecified atom stereocenters. The van der Waals surface area contributed by atoms with E-state index in [0.29, 0.717) is 0 Å². The number of nitrogens with one attached hydrogen (secondary N) is 2. The van der Waals surface area contributed by atoms with Gasteiger partial charge in [-0.3, -0.25) is 24.1 Å². The molecule has 0 aromatic heterocycles. The summed E-state index contributed by atoms with van der Waals surface area (Å²) in [4.78, 5) is 53.1. The third kappa shape index (κ3) is 4.57. The average molecular weight is 575 g/mol. The van der Waals surface area contributed by atoms with Crippen LogP contribution in [-0.4, -0.2) is 86.5 Å². The maximum absolute atomic E-state index is 15.6. The van der Waals surface area contributed by atoms with Crippen molar-refractivity contribution in [2.24, 2.45) is 17.6 Å². The molecule has 1 fully saturated rings. The number of nitrogens with two attached hydrogens (primary N) is 1. The average Bonchev–Trinajstić information content (AvgIpc) is 2.84. The number of hydrogen-bond donors (Lipinski definition) is 7. The minimum atomic E-state index is -2.82. The second-order valence-electron chi connectivity index (χ2n) is 12.2. The number of halogens is 1. The number of phenolic OH excluding ortho intramolecular Hbond substituents is 1. The number of nitrogens with zero attached hydrogens (tertiary/aromatic N) is 1. The topological polar surface area (TPSA) is 203 Å². The van der Waals surface area contributed by atoms with E-state index in [1.165, 1.54) is 19.0 Å². The molecule has 0 spiro atoms. The van der Waals surface area contributed by atoms with Gasteiger partial charge in [-0.05, 0) is 53.1 Å². The first-order valence-electron chi connectivity index (χ1n) is 13.1. The fourth-order valence-corrected chi connectivity index (χ4v) is 6.26. The highest BCUT2D eigenvalue weighted by Gasteiger charge is 2.65. The summed E-state index contributed by atoms with van der Waals surface area (Å²) in [6.07, 6.45) is -0.176. The van der Waals surface area contributed by atoms with Crippen molar-refractivity contribution in [1.29, 1.82) is 0 Å². The minimum Gasteiger partial charge on any atom is -0.508 e. The Kier molecular flexibility index (Phi) is 7.30. The molecule has 2 amide bonds. The standard InChI is InChI=1S/C28H35FN4O8/c1-10-11-7-12-20(33(5)6)23(37)19(26(30)40)25(39)28(12,41)24(38)17(11)22(36)18-16(10)13(29)8-14(21(18)35)32-15(34)9-31-27(2,3)4/h8,10-12,20,31,35-36,39,41H,7,9H2,1-6H3,(H2,30,40)(H,32,34)/t10-,11-,12+,20+,28+/m1/s1. The molecule has 13 heteroatoms. The van der Waals surface area contributed by atoms with Gasteiger partial charge in [0.05, 0.1) is 23.8 Å². The highest BCUT2D eigenvalue weighted by atomic mass is 19.1. The Hall–Kier alpha value is -3.81. The third-order valence-electron chi connectivity index (χ3n) is 8.20. The van der Waals surface area contributed by atoms with E-state index in [2.05, 4.69) is 10.6 Å². The molecule has 3 aliphatic rings. The normalized spacial score (nSPS) is 27.9. The summed E-state index contributed by atoms with van der Waals surface area (Å²) in [7, 11) is 2.98. The minimum absolute atomic E-state index is 0.126. The van der Waals surface area contributed by atoms with Crippen molar-refractivity contribution in [2.45, 2.75) is 57.2 Å². The first kappa shape index (κ1) is 30.2. The second kappa shape index (κ2) is 9.93. The molecule has 1 aromatic rings. The zero-order valence-corrected chi connectivity index (χ0v) is 23.6. The number of ketones is 2. The van der Waals surface area contributed by atoms with Gasteiger partial charge in [0.2, 0.25) is 11.7 Å². The number of carbonyl (C=O) groups excluding carboxylic acids is 4. The molecule has 5 atom stereocenters. The maximum Gasteiger partial charge on any atom is 0.255 e. The molecule has 0 radical (unpaired) electrons. The Bertz CT molecular complexity index is 1440. The predicted molar refractivity (Wildman–Crippen MR) is 145 cm³/mol. The molecule has 1 saturated carbocycles. The first-order chi connectivity index (χ1) is 18.8. The zero-order chi connectivity index (χ0) is 30.9. The van der Waals surface area contributed by atoms with Gasteiger partial charge in [0.1, 0.15) is 22.9 Å². The highest BCUT2D eigenvalue weighted by Crippen LogP contribution is 2.57. The third-order valence-corrected chi connectivity index (χ3v) is 8.20. The molecular formula is C28H35FN4O8. The van der Waals surface area contributed by atoms with Crippen LogP contribution in [0, 0.1) is 17.7 Å². The van der Waals surface area contributed by atoms with E-state index in [0.717, 1.165) is 6.07 Å². The van der Waals surface area contributed by atoms with Crippen molar-refractivity contribution >= 4 is 34.8 Å². The van der Waals surface area contributed by atoms with E-state index in [1.54, 1.807) is 6.92 Å². The van der Waals surface area contributed by atoms with Crippen LogP contribution >= 0.6 is 0 Å². The number of fused-ring (bicyclic) bond motifs is 3. The fraction of sp³-hybridized carbons (Fsp3) is 0.500. The van der Waals surface area contributed by atoms with Crippen LogP contribution in [0.1, 0.15) is 51.2 Å². The summed E-state index contributed by atoms with van der Waals surface area (Å²) in [5.74, 6) is -10.8. The Balaban J connectivity index is 1.88. The van der Waals surface area contributed by atoms with Gasteiger partial charge in [-0.15, -0.1) is 0 Å².